The minimum atomic E-state index is -3.69. The maximum Gasteiger partial charge on any atom is 0.264 e. The molecule has 25 heavy (non-hydrogen) atoms. The summed E-state index contributed by atoms with van der Waals surface area (Å²) in [6, 6.07) is 7.39. The molecule has 0 aliphatic heterocycles. The topological polar surface area (TPSA) is 104 Å². The van der Waals surface area contributed by atoms with E-state index in [0.717, 1.165) is 23.8 Å². The van der Waals surface area contributed by atoms with E-state index in [9.17, 15) is 13.2 Å². The van der Waals surface area contributed by atoms with Crippen molar-refractivity contribution in [1.82, 2.24) is 5.48 Å². The standard InChI is InChI=1S/C18H23NO5S/c1-18(17(21)19-22,25(2,23)24)10-9-14-5-3-13(4-6-14)7-8-15-11-16(15)12-20/h3-6,15-16,20,22H,9-12H2,1-2H3,(H,19,21)/t15-,16-,18?/m1/s1. The van der Waals surface area contributed by atoms with Gasteiger partial charge in [-0.15, -0.1) is 0 Å². The lowest BCUT2D eigenvalue weighted by atomic mass is 9.99. The van der Waals surface area contributed by atoms with Gasteiger partial charge in [0.25, 0.3) is 5.91 Å². The Bertz CT molecular complexity index is 791. The van der Waals surface area contributed by atoms with Crippen LogP contribution in [0.3, 0.4) is 0 Å². The Labute approximate surface area is 148 Å². The fraction of sp³-hybridized carbons (Fsp3) is 0.500. The van der Waals surface area contributed by atoms with Crippen molar-refractivity contribution in [2.75, 3.05) is 12.9 Å². The van der Waals surface area contributed by atoms with E-state index in [-0.39, 0.29) is 18.9 Å². The number of hydroxylamine groups is 1. The van der Waals surface area contributed by atoms with Crippen LogP contribution in [0.2, 0.25) is 0 Å². The summed E-state index contributed by atoms with van der Waals surface area (Å²) >= 11 is 0. The number of nitrogens with one attached hydrogen (secondary N) is 1. The SMILES string of the molecule is CC(CCc1ccc(C#C[C@@H]2C[C@@H]2CO)cc1)(C(=O)NO)S(C)(=O)=O. The maximum atomic E-state index is 11.9. The van der Waals surface area contributed by atoms with Crippen molar-refractivity contribution in [1.29, 1.82) is 0 Å². The molecule has 1 fully saturated rings. The van der Waals surface area contributed by atoms with Crippen LogP contribution in [0.15, 0.2) is 24.3 Å². The predicted molar refractivity (Wildman–Crippen MR) is 93.5 cm³/mol. The van der Waals surface area contributed by atoms with E-state index in [4.69, 9.17) is 10.3 Å². The second kappa shape index (κ2) is 7.56. The number of aliphatic hydroxyl groups excluding tert-OH is 1. The molecule has 1 unspecified atom stereocenters. The first kappa shape index (κ1) is 19.4. The van der Waals surface area contributed by atoms with Crippen molar-refractivity contribution in [3.63, 3.8) is 0 Å². The Kier molecular flexibility index (Phi) is 5.88. The Hall–Kier alpha value is -1.88. The number of hydrogen-bond donors (Lipinski definition) is 3. The number of sulfone groups is 1. The maximum absolute atomic E-state index is 11.9. The summed E-state index contributed by atoms with van der Waals surface area (Å²) in [4.78, 5) is 11.8. The second-order valence-electron chi connectivity index (χ2n) is 6.70. The predicted octanol–water partition coefficient (Wildman–Crippen LogP) is 0.908. The van der Waals surface area contributed by atoms with E-state index < -0.39 is 20.5 Å². The number of benzene rings is 1. The van der Waals surface area contributed by atoms with E-state index in [2.05, 4.69) is 11.8 Å². The molecule has 1 aliphatic rings. The molecular weight excluding hydrogens is 342 g/mol. The van der Waals surface area contributed by atoms with Crippen LogP contribution < -0.4 is 5.48 Å². The van der Waals surface area contributed by atoms with Gasteiger partial charge in [0.05, 0.1) is 0 Å². The number of carbonyl (C=O) groups is 1. The lowest BCUT2D eigenvalue weighted by Crippen LogP contribution is -2.49. The summed E-state index contributed by atoms with van der Waals surface area (Å²) in [7, 11) is -3.69. The highest BCUT2D eigenvalue weighted by molar-refractivity contribution is 7.92. The van der Waals surface area contributed by atoms with Crippen molar-refractivity contribution >= 4 is 15.7 Å². The molecule has 3 atom stereocenters. The molecule has 6 nitrogen and oxygen atoms in total. The van der Waals surface area contributed by atoms with Gasteiger partial charge >= 0.3 is 0 Å². The first-order valence-corrected chi connectivity index (χ1v) is 9.96. The first-order chi connectivity index (χ1) is 11.7. The van der Waals surface area contributed by atoms with Crippen molar-refractivity contribution in [2.24, 2.45) is 11.8 Å². The highest BCUT2D eigenvalue weighted by atomic mass is 32.2. The van der Waals surface area contributed by atoms with Crippen molar-refractivity contribution in [3.8, 4) is 11.8 Å². The minimum absolute atomic E-state index is 0.0590. The van der Waals surface area contributed by atoms with Gasteiger partial charge in [-0.2, -0.15) is 0 Å². The van der Waals surface area contributed by atoms with Crippen LogP contribution in [-0.2, 0) is 21.1 Å². The van der Waals surface area contributed by atoms with Gasteiger partial charge in [-0.3, -0.25) is 10.0 Å². The molecule has 1 aromatic carbocycles. The number of carbonyl (C=O) groups excluding carboxylic acids is 1. The van der Waals surface area contributed by atoms with Gasteiger partial charge in [0.1, 0.15) is 4.75 Å². The summed E-state index contributed by atoms with van der Waals surface area (Å²) in [5.41, 5.74) is 3.18. The number of hydrogen-bond acceptors (Lipinski definition) is 5. The second-order valence-corrected chi connectivity index (χ2v) is 9.14. The fourth-order valence-corrected chi connectivity index (χ4v) is 3.38. The molecule has 2 rings (SSSR count). The molecule has 0 heterocycles. The third-order valence-electron chi connectivity index (χ3n) is 4.80. The molecule has 1 saturated carbocycles. The van der Waals surface area contributed by atoms with Gasteiger partial charge in [-0.1, -0.05) is 24.0 Å². The van der Waals surface area contributed by atoms with Crippen LogP contribution in [-0.4, -0.2) is 42.2 Å². The van der Waals surface area contributed by atoms with Gasteiger partial charge in [0.2, 0.25) is 0 Å². The van der Waals surface area contributed by atoms with E-state index in [0.29, 0.717) is 12.3 Å². The van der Waals surface area contributed by atoms with Crippen LogP contribution in [0.5, 0.6) is 0 Å². The van der Waals surface area contributed by atoms with Gasteiger partial charge < -0.3 is 5.11 Å². The lowest BCUT2D eigenvalue weighted by molar-refractivity contribution is -0.131. The van der Waals surface area contributed by atoms with E-state index >= 15 is 0 Å². The molecule has 0 bridgehead atoms. The zero-order valence-electron chi connectivity index (χ0n) is 14.3. The van der Waals surface area contributed by atoms with E-state index in [1.165, 1.54) is 12.4 Å². The average molecular weight is 365 g/mol. The lowest BCUT2D eigenvalue weighted by Gasteiger charge is -2.25. The molecule has 3 N–H and O–H groups in total. The fourth-order valence-electron chi connectivity index (χ4n) is 2.53. The Morgan fingerprint density at radius 1 is 1.36 bits per heavy atom. The summed E-state index contributed by atoms with van der Waals surface area (Å²) in [5, 5.41) is 17.8. The molecule has 0 aromatic heterocycles. The third kappa shape index (κ3) is 4.60. The average Bonchev–Trinajstić information content (AvgIpc) is 3.35. The number of aliphatic hydroxyl groups is 1. The quantitative estimate of drug-likeness (QED) is 0.395. The zero-order valence-corrected chi connectivity index (χ0v) is 15.1. The van der Waals surface area contributed by atoms with Crippen LogP contribution in [0.4, 0.5) is 0 Å². The zero-order chi connectivity index (χ0) is 18.7. The first-order valence-electron chi connectivity index (χ1n) is 8.06. The van der Waals surface area contributed by atoms with E-state index in [1.807, 2.05) is 24.3 Å². The van der Waals surface area contributed by atoms with Crippen LogP contribution >= 0.6 is 0 Å². The summed E-state index contributed by atoms with van der Waals surface area (Å²) in [6.07, 6.45) is 2.36. The third-order valence-corrected chi connectivity index (χ3v) is 6.83. The number of aryl methyl sites for hydroxylation is 1. The van der Waals surface area contributed by atoms with Crippen LogP contribution in [0.1, 0.15) is 30.9 Å². The molecular formula is C18H23NO5S. The van der Waals surface area contributed by atoms with Crippen LogP contribution in [0.25, 0.3) is 0 Å². The minimum Gasteiger partial charge on any atom is -0.396 e. The molecule has 1 aromatic rings. The Balaban J connectivity index is 2.02. The summed E-state index contributed by atoms with van der Waals surface area (Å²) < 4.78 is 22.2. The Morgan fingerprint density at radius 2 is 2.00 bits per heavy atom. The molecule has 1 amide bonds. The normalized spacial score (nSPS) is 21.6. The van der Waals surface area contributed by atoms with Crippen molar-refractivity contribution in [3.05, 3.63) is 35.4 Å². The number of rotatable bonds is 6. The van der Waals surface area contributed by atoms with E-state index in [1.54, 1.807) is 0 Å². The molecule has 7 heteroatoms. The molecule has 0 radical (unpaired) electrons. The number of amides is 1. The molecule has 0 spiro atoms. The summed E-state index contributed by atoms with van der Waals surface area (Å²) in [5.74, 6) is 5.84. The highest BCUT2D eigenvalue weighted by Gasteiger charge is 2.43. The molecule has 0 saturated heterocycles. The van der Waals surface area contributed by atoms with Crippen LogP contribution in [0, 0.1) is 23.7 Å². The Morgan fingerprint density at radius 3 is 2.48 bits per heavy atom. The van der Waals surface area contributed by atoms with Crippen molar-refractivity contribution < 1.29 is 23.5 Å². The largest absolute Gasteiger partial charge is 0.396 e. The highest BCUT2D eigenvalue weighted by Crippen LogP contribution is 2.37. The van der Waals surface area contributed by atoms with Gasteiger partial charge in [0, 0.05) is 24.3 Å². The smallest absolute Gasteiger partial charge is 0.264 e. The molecule has 1 aliphatic carbocycles. The van der Waals surface area contributed by atoms with Gasteiger partial charge in [0.15, 0.2) is 9.84 Å². The monoisotopic (exact) mass is 365 g/mol. The van der Waals surface area contributed by atoms with Crippen molar-refractivity contribution in [2.45, 2.75) is 30.9 Å². The van der Waals surface area contributed by atoms with Gasteiger partial charge in [-0.25, -0.2) is 13.9 Å². The van der Waals surface area contributed by atoms with Gasteiger partial charge in [-0.05, 0) is 49.8 Å². The summed E-state index contributed by atoms with van der Waals surface area (Å²) in [6.45, 7) is 1.49. The molecule has 136 valence electrons.